The second kappa shape index (κ2) is 10.3. The molecule has 1 aliphatic heterocycles. The molecule has 3 rings (SSSR count). The molecule has 0 bridgehead atoms. The highest BCUT2D eigenvalue weighted by Gasteiger charge is 2.21. The van der Waals surface area contributed by atoms with Gasteiger partial charge in [-0.3, -0.25) is 4.79 Å². The van der Waals surface area contributed by atoms with Crippen molar-refractivity contribution in [3.05, 3.63) is 53.1 Å². The summed E-state index contributed by atoms with van der Waals surface area (Å²) >= 11 is 6.42. The van der Waals surface area contributed by atoms with Gasteiger partial charge in [-0.15, -0.1) is 0 Å². The number of morpholine rings is 1. The lowest BCUT2D eigenvalue weighted by molar-refractivity contribution is -0.119. The molecule has 1 aliphatic rings. The van der Waals surface area contributed by atoms with Crippen molar-refractivity contribution in [3.63, 3.8) is 0 Å². The molecule has 2 N–H and O–H groups in total. The first-order valence-electron chi connectivity index (χ1n) is 9.93. The van der Waals surface area contributed by atoms with Gasteiger partial charge < -0.3 is 20.3 Å². The maximum absolute atomic E-state index is 12.5. The molecule has 2 aromatic carbocycles. The molecule has 0 saturated carbocycles. The Balaban J connectivity index is 1.65. The number of anilines is 2. The number of nitrogens with zero attached hydrogens (tertiary/aromatic N) is 2. The number of benzene rings is 2. The van der Waals surface area contributed by atoms with Crippen LogP contribution < -0.4 is 15.5 Å². The molecule has 1 heterocycles. The third-order valence-electron chi connectivity index (χ3n) is 4.96. The van der Waals surface area contributed by atoms with Crippen LogP contribution in [-0.2, 0) is 26.1 Å². The lowest BCUT2D eigenvalue weighted by Gasteiger charge is -2.31. The zero-order valence-electron chi connectivity index (χ0n) is 17.6. The number of hydrogen-bond acceptors (Lipinski definition) is 6. The van der Waals surface area contributed by atoms with Gasteiger partial charge in [0.25, 0.3) is 0 Å². The van der Waals surface area contributed by atoms with Crippen LogP contribution in [0.3, 0.4) is 0 Å². The Bertz CT molecular complexity index is 1020. The SMILES string of the molecule is CN(C)S(=O)(=O)c1ccccc1CNC(=O)CNc1cccc(Cl)c1N1CCOCC1. The fraction of sp³-hybridized carbons (Fsp3) is 0.381. The Morgan fingerprint density at radius 3 is 2.55 bits per heavy atom. The maximum Gasteiger partial charge on any atom is 0.242 e. The summed E-state index contributed by atoms with van der Waals surface area (Å²) in [5, 5.41) is 6.53. The average molecular weight is 467 g/mol. The van der Waals surface area contributed by atoms with Crippen LogP contribution in [0.1, 0.15) is 5.56 Å². The standard InChI is InChI=1S/C21H27ClN4O4S/c1-25(2)31(28,29)19-9-4-3-6-16(19)14-24-20(27)15-23-18-8-5-7-17(22)21(18)26-10-12-30-13-11-26/h3-9,23H,10-15H2,1-2H3,(H,24,27). The molecule has 1 saturated heterocycles. The van der Waals surface area contributed by atoms with E-state index in [1.165, 1.54) is 20.2 Å². The summed E-state index contributed by atoms with van der Waals surface area (Å²) in [6, 6.07) is 12.2. The van der Waals surface area contributed by atoms with Crippen LogP contribution in [0.25, 0.3) is 0 Å². The van der Waals surface area contributed by atoms with Gasteiger partial charge in [0.15, 0.2) is 0 Å². The molecule has 0 atom stereocenters. The molecule has 2 aromatic rings. The van der Waals surface area contributed by atoms with Gasteiger partial charge in [0.05, 0.1) is 41.1 Å². The van der Waals surface area contributed by atoms with Crippen LogP contribution in [-0.4, -0.2) is 65.6 Å². The summed E-state index contributed by atoms with van der Waals surface area (Å²) in [5.74, 6) is -0.259. The number of nitrogens with one attached hydrogen (secondary N) is 2. The van der Waals surface area contributed by atoms with E-state index in [9.17, 15) is 13.2 Å². The highest BCUT2D eigenvalue weighted by atomic mass is 35.5. The summed E-state index contributed by atoms with van der Waals surface area (Å²) in [6.45, 7) is 2.83. The zero-order chi connectivity index (χ0) is 22.4. The van der Waals surface area contributed by atoms with E-state index in [0.29, 0.717) is 23.8 Å². The van der Waals surface area contributed by atoms with E-state index in [1.807, 2.05) is 18.2 Å². The number of ether oxygens (including phenoxy) is 1. The van der Waals surface area contributed by atoms with Crippen molar-refractivity contribution in [3.8, 4) is 0 Å². The van der Waals surface area contributed by atoms with E-state index < -0.39 is 10.0 Å². The van der Waals surface area contributed by atoms with E-state index in [2.05, 4.69) is 15.5 Å². The Morgan fingerprint density at radius 2 is 1.84 bits per heavy atom. The lowest BCUT2D eigenvalue weighted by Crippen LogP contribution is -2.37. The highest BCUT2D eigenvalue weighted by molar-refractivity contribution is 7.89. The van der Waals surface area contributed by atoms with Crippen molar-refractivity contribution in [2.24, 2.45) is 0 Å². The van der Waals surface area contributed by atoms with Crippen molar-refractivity contribution in [2.45, 2.75) is 11.4 Å². The first kappa shape index (κ1) is 23.3. The number of para-hydroxylation sites is 1. The highest BCUT2D eigenvalue weighted by Crippen LogP contribution is 2.34. The van der Waals surface area contributed by atoms with Crippen LogP contribution in [0.5, 0.6) is 0 Å². The van der Waals surface area contributed by atoms with Gasteiger partial charge in [-0.2, -0.15) is 0 Å². The van der Waals surface area contributed by atoms with Crippen molar-refractivity contribution in [2.75, 3.05) is 57.2 Å². The number of halogens is 1. The minimum atomic E-state index is -3.60. The Hall–Kier alpha value is -2.33. The fourth-order valence-electron chi connectivity index (χ4n) is 3.30. The van der Waals surface area contributed by atoms with Crippen molar-refractivity contribution in [1.29, 1.82) is 0 Å². The quantitative estimate of drug-likeness (QED) is 0.619. The molecule has 8 nitrogen and oxygen atoms in total. The third-order valence-corrected chi connectivity index (χ3v) is 7.18. The number of sulfonamides is 1. The molecule has 0 spiro atoms. The first-order chi connectivity index (χ1) is 14.8. The largest absolute Gasteiger partial charge is 0.378 e. The van der Waals surface area contributed by atoms with Crippen LogP contribution in [0, 0.1) is 0 Å². The summed E-state index contributed by atoms with van der Waals surface area (Å²) in [4.78, 5) is 14.8. The minimum absolute atomic E-state index is 0.0281. The van der Waals surface area contributed by atoms with Crippen LogP contribution in [0.15, 0.2) is 47.4 Å². The molecule has 168 valence electrons. The summed E-state index contributed by atoms with van der Waals surface area (Å²) in [6.07, 6.45) is 0. The van der Waals surface area contributed by atoms with Crippen molar-refractivity contribution >= 4 is 38.9 Å². The second-order valence-electron chi connectivity index (χ2n) is 7.26. The fourth-order valence-corrected chi connectivity index (χ4v) is 4.71. The summed E-state index contributed by atoms with van der Waals surface area (Å²) in [7, 11) is -0.642. The van der Waals surface area contributed by atoms with Gasteiger partial charge in [-0.25, -0.2) is 12.7 Å². The molecule has 31 heavy (non-hydrogen) atoms. The number of amides is 1. The van der Waals surface area contributed by atoms with E-state index in [1.54, 1.807) is 18.2 Å². The second-order valence-corrected chi connectivity index (χ2v) is 9.79. The number of rotatable bonds is 8. The van der Waals surface area contributed by atoms with Crippen molar-refractivity contribution in [1.82, 2.24) is 9.62 Å². The Morgan fingerprint density at radius 1 is 1.13 bits per heavy atom. The van der Waals surface area contributed by atoms with E-state index in [4.69, 9.17) is 16.3 Å². The molecule has 0 unspecified atom stereocenters. The van der Waals surface area contributed by atoms with Crippen LogP contribution >= 0.6 is 11.6 Å². The maximum atomic E-state index is 12.5. The van der Waals surface area contributed by atoms with Gasteiger partial charge in [0.2, 0.25) is 15.9 Å². The van der Waals surface area contributed by atoms with Gasteiger partial charge >= 0.3 is 0 Å². The van der Waals surface area contributed by atoms with E-state index >= 15 is 0 Å². The van der Waals surface area contributed by atoms with Crippen LogP contribution in [0.2, 0.25) is 5.02 Å². The topological polar surface area (TPSA) is 91.0 Å². The predicted molar refractivity (Wildman–Crippen MR) is 122 cm³/mol. The molecular weight excluding hydrogens is 440 g/mol. The van der Waals surface area contributed by atoms with Gasteiger partial charge in [-0.05, 0) is 23.8 Å². The molecule has 0 aromatic heterocycles. The normalized spacial score (nSPS) is 14.5. The summed E-state index contributed by atoms with van der Waals surface area (Å²) in [5.41, 5.74) is 2.14. The van der Waals surface area contributed by atoms with E-state index in [-0.39, 0.29) is 23.9 Å². The Labute approximate surface area is 188 Å². The van der Waals surface area contributed by atoms with Gasteiger partial charge in [0, 0.05) is 33.7 Å². The third kappa shape index (κ3) is 5.68. The molecule has 0 aliphatic carbocycles. The molecule has 10 heteroatoms. The molecular formula is C21H27ClN4O4S. The molecule has 0 radical (unpaired) electrons. The minimum Gasteiger partial charge on any atom is -0.378 e. The smallest absolute Gasteiger partial charge is 0.242 e. The van der Waals surface area contributed by atoms with Gasteiger partial charge in [-0.1, -0.05) is 35.9 Å². The zero-order valence-corrected chi connectivity index (χ0v) is 19.2. The lowest BCUT2D eigenvalue weighted by atomic mass is 10.2. The molecule has 1 amide bonds. The van der Waals surface area contributed by atoms with Gasteiger partial charge in [0.1, 0.15) is 0 Å². The average Bonchev–Trinajstić information content (AvgIpc) is 2.77. The number of carbonyl (C=O) groups is 1. The number of carbonyl (C=O) groups excluding carboxylic acids is 1. The number of hydrogen-bond donors (Lipinski definition) is 2. The van der Waals surface area contributed by atoms with Crippen LogP contribution in [0.4, 0.5) is 11.4 Å². The van der Waals surface area contributed by atoms with Crippen molar-refractivity contribution < 1.29 is 17.9 Å². The summed E-state index contributed by atoms with van der Waals surface area (Å²) < 4.78 is 31.6. The van der Waals surface area contributed by atoms with E-state index in [0.717, 1.165) is 28.8 Å². The predicted octanol–water partition coefficient (Wildman–Crippen LogP) is 2.16. The first-order valence-corrected chi connectivity index (χ1v) is 11.7. The Kier molecular flexibility index (Phi) is 7.77. The molecule has 1 fully saturated rings. The monoisotopic (exact) mass is 466 g/mol.